The van der Waals surface area contributed by atoms with Crippen LogP contribution in [-0.4, -0.2) is 58.6 Å². The zero-order valence-corrected chi connectivity index (χ0v) is 26.4. The van der Waals surface area contributed by atoms with Gasteiger partial charge in [-0.15, -0.1) is 0 Å². The number of para-hydroxylation sites is 1. The number of aliphatic hydroxyl groups excluding tert-OH is 1. The van der Waals surface area contributed by atoms with Crippen LogP contribution in [0.3, 0.4) is 0 Å². The molecule has 5 rings (SSSR count). The molecule has 4 aromatic rings. The lowest BCUT2D eigenvalue weighted by Crippen LogP contribution is -2.45. The Hall–Kier alpha value is -4.76. The molecular weight excluding hydrogens is 597 g/mol. The Bertz CT molecular complexity index is 1650. The molecule has 0 unspecified atom stereocenters. The first-order valence-corrected chi connectivity index (χ1v) is 16.2. The largest absolute Gasteiger partial charge is 0.463 e. The van der Waals surface area contributed by atoms with Crippen molar-refractivity contribution in [1.82, 2.24) is 15.2 Å². The number of esters is 1. The number of hydrogen-bond acceptors (Lipinski definition) is 5. The fourth-order valence-electron chi connectivity index (χ4n) is 6.06. The molecule has 246 valence electrons. The van der Waals surface area contributed by atoms with E-state index in [1.165, 1.54) is 12.1 Å². The Morgan fingerprint density at radius 3 is 2.47 bits per heavy atom. The number of fused-ring (bicyclic) bond motifs is 1. The van der Waals surface area contributed by atoms with Gasteiger partial charge in [-0.2, -0.15) is 0 Å². The molecule has 0 saturated heterocycles. The van der Waals surface area contributed by atoms with E-state index in [-0.39, 0.29) is 49.8 Å². The third-order valence-electron chi connectivity index (χ3n) is 8.64. The highest BCUT2D eigenvalue weighted by Gasteiger charge is 2.28. The molecule has 2 heterocycles. The van der Waals surface area contributed by atoms with Crippen LogP contribution < -0.4 is 5.32 Å². The summed E-state index contributed by atoms with van der Waals surface area (Å²) in [5.41, 5.74) is 3.71. The van der Waals surface area contributed by atoms with E-state index >= 15 is 0 Å². The molecule has 0 saturated carbocycles. The lowest BCUT2D eigenvalue weighted by Gasteiger charge is -2.26. The summed E-state index contributed by atoms with van der Waals surface area (Å²) in [5.74, 6) is -2.33. The van der Waals surface area contributed by atoms with E-state index in [4.69, 9.17) is 4.74 Å². The average Bonchev–Trinajstić information content (AvgIpc) is 3.49. The third-order valence-corrected chi connectivity index (χ3v) is 8.64. The molecule has 2 amide bonds. The minimum absolute atomic E-state index is 0.0320. The maximum Gasteiger partial charge on any atom is 0.309 e. The molecule has 0 aliphatic carbocycles. The van der Waals surface area contributed by atoms with E-state index in [1.54, 1.807) is 17.0 Å². The topological polar surface area (TPSA) is 112 Å². The van der Waals surface area contributed by atoms with Crippen molar-refractivity contribution in [3.05, 3.63) is 120 Å². The number of cyclic esters (lactones) is 1. The Labute approximate surface area is 274 Å². The highest BCUT2D eigenvalue weighted by molar-refractivity contribution is 5.87. The molecule has 3 atom stereocenters. The molecule has 3 N–H and O–H groups in total. The summed E-state index contributed by atoms with van der Waals surface area (Å²) in [5, 5.41) is 13.8. The number of aliphatic hydroxyl groups is 1. The normalized spacial score (nSPS) is 19.9. The summed E-state index contributed by atoms with van der Waals surface area (Å²) in [6.07, 6.45) is 7.96. The molecule has 0 spiro atoms. The van der Waals surface area contributed by atoms with Crippen molar-refractivity contribution in [2.75, 3.05) is 19.8 Å². The van der Waals surface area contributed by atoms with Crippen LogP contribution in [0, 0.1) is 17.7 Å². The van der Waals surface area contributed by atoms with Crippen LogP contribution in [0.25, 0.3) is 10.9 Å². The number of nitrogens with one attached hydrogen (secondary N) is 2. The van der Waals surface area contributed by atoms with Gasteiger partial charge in [-0.25, -0.2) is 4.39 Å². The Morgan fingerprint density at radius 1 is 0.915 bits per heavy atom. The molecule has 0 bridgehead atoms. The van der Waals surface area contributed by atoms with Crippen molar-refractivity contribution < 1.29 is 28.6 Å². The van der Waals surface area contributed by atoms with Crippen molar-refractivity contribution in [2.24, 2.45) is 11.8 Å². The van der Waals surface area contributed by atoms with Gasteiger partial charge >= 0.3 is 5.97 Å². The second kappa shape index (κ2) is 16.7. The van der Waals surface area contributed by atoms with Gasteiger partial charge in [0.15, 0.2) is 0 Å². The molecule has 1 aliphatic rings. The number of carbonyl (C=O) groups excluding carboxylic acids is 3. The lowest BCUT2D eigenvalue weighted by atomic mass is 9.94. The van der Waals surface area contributed by atoms with Gasteiger partial charge in [0.2, 0.25) is 11.8 Å². The van der Waals surface area contributed by atoms with Crippen molar-refractivity contribution in [3.8, 4) is 0 Å². The summed E-state index contributed by atoms with van der Waals surface area (Å²) in [4.78, 5) is 45.7. The highest BCUT2D eigenvalue weighted by atomic mass is 19.1. The predicted octanol–water partition coefficient (Wildman–Crippen LogP) is 5.50. The monoisotopic (exact) mass is 639 g/mol. The van der Waals surface area contributed by atoms with Crippen molar-refractivity contribution in [1.29, 1.82) is 0 Å². The minimum atomic E-state index is -0.660. The molecule has 3 aromatic carbocycles. The Morgan fingerprint density at radius 2 is 1.68 bits per heavy atom. The third kappa shape index (κ3) is 9.62. The van der Waals surface area contributed by atoms with E-state index in [9.17, 15) is 23.9 Å². The number of aromatic nitrogens is 1. The number of allylic oxidation sites excluding steroid dienone is 2. The fourth-order valence-corrected chi connectivity index (χ4v) is 6.06. The molecule has 8 nitrogen and oxygen atoms in total. The zero-order valence-electron chi connectivity index (χ0n) is 26.4. The SMILES string of the molecule is O=C1N[C@@H](Cc2c[nH]c3ccccc23)COC(=O)[C@@H](Cc2ccc(F)cc2)CC/C=C/C[C@@H]1CC(=O)N(CCO)Cc1ccccc1. The molecule has 0 radical (unpaired) electrons. The number of carbonyl (C=O) groups is 3. The molecule has 1 aromatic heterocycles. The number of ether oxygens (including phenoxy) is 1. The first-order valence-electron chi connectivity index (χ1n) is 16.2. The fraction of sp³-hybridized carbons (Fsp3) is 0.342. The predicted molar refractivity (Wildman–Crippen MR) is 179 cm³/mol. The Balaban J connectivity index is 1.36. The van der Waals surface area contributed by atoms with Crippen LogP contribution >= 0.6 is 0 Å². The lowest BCUT2D eigenvalue weighted by molar-refractivity contribution is -0.150. The van der Waals surface area contributed by atoms with Gasteiger partial charge in [-0.05, 0) is 67.0 Å². The van der Waals surface area contributed by atoms with Gasteiger partial charge in [0.05, 0.1) is 24.5 Å². The first-order chi connectivity index (χ1) is 22.9. The van der Waals surface area contributed by atoms with Crippen molar-refractivity contribution in [2.45, 2.75) is 51.1 Å². The van der Waals surface area contributed by atoms with Gasteiger partial charge in [-0.1, -0.05) is 72.8 Å². The maximum absolute atomic E-state index is 13.9. The van der Waals surface area contributed by atoms with Gasteiger partial charge in [-0.3, -0.25) is 14.4 Å². The number of amides is 2. The van der Waals surface area contributed by atoms with Crippen LogP contribution in [0.4, 0.5) is 4.39 Å². The number of rotatable bonds is 10. The average molecular weight is 640 g/mol. The quantitative estimate of drug-likeness (QED) is 0.157. The van der Waals surface area contributed by atoms with Crippen LogP contribution in [0.1, 0.15) is 42.4 Å². The first kappa shape index (κ1) is 33.6. The van der Waals surface area contributed by atoms with E-state index in [1.807, 2.05) is 72.9 Å². The van der Waals surface area contributed by atoms with E-state index < -0.39 is 17.9 Å². The zero-order chi connectivity index (χ0) is 33.0. The number of nitrogens with zero attached hydrogens (tertiary/aromatic N) is 1. The highest BCUT2D eigenvalue weighted by Crippen LogP contribution is 2.23. The summed E-state index contributed by atoms with van der Waals surface area (Å²) in [6, 6.07) is 23.0. The number of hydrogen-bond donors (Lipinski definition) is 3. The van der Waals surface area contributed by atoms with Crippen LogP contribution in [0.15, 0.2) is 97.2 Å². The summed E-state index contributed by atoms with van der Waals surface area (Å²) in [7, 11) is 0. The van der Waals surface area contributed by atoms with Gasteiger partial charge < -0.3 is 25.0 Å². The van der Waals surface area contributed by atoms with Crippen LogP contribution in [0.2, 0.25) is 0 Å². The van der Waals surface area contributed by atoms with Crippen molar-refractivity contribution in [3.63, 3.8) is 0 Å². The summed E-state index contributed by atoms with van der Waals surface area (Å²) >= 11 is 0. The van der Waals surface area contributed by atoms with Gasteiger partial charge in [0.1, 0.15) is 12.4 Å². The smallest absolute Gasteiger partial charge is 0.309 e. The number of halogens is 1. The molecule has 0 fully saturated rings. The Kier molecular flexibility index (Phi) is 11.9. The molecular formula is C38H42FN3O5. The number of benzene rings is 3. The molecule has 9 heteroatoms. The standard InChI is InChI=1S/C38H42FN3O5/c39-32-17-15-27(16-18-32)21-30-12-6-2-5-11-29(23-36(44)42(19-20-43)25-28-9-3-1-4-10-28)37(45)41-33(26-47-38(30)46)22-31-24-40-35-14-8-7-13-34(31)35/h1-5,7-10,13-18,24,29-30,33,40,43H,6,11-12,19-23,25-26H2,(H,41,45)/b5-2+/t29-,30-,33+/m1/s1. The van der Waals surface area contributed by atoms with Crippen molar-refractivity contribution >= 4 is 28.7 Å². The van der Waals surface area contributed by atoms with Gasteiger partial charge in [0.25, 0.3) is 0 Å². The summed E-state index contributed by atoms with van der Waals surface area (Å²) in [6.45, 7) is 0.265. The molecule has 47 heavy (non-hydrogen) atoms. The maximum atomic E-state index is 13.9. The second-order valence-corrected chi connectivity index (χ2v) is 12.1. The van der Waals surface area contributed by atoms with E-state index in [0.717, 1.165) is 27.6 Å². The number of aromatic amines is 1. The van der Waals surface area contributed by atoms with Crippen LogP contribution in [-0.2, 0) is 38.5 Å². The van der Waals surface area contributed by atoms with E-state index in [2.05, 4.69) is 10.3 Å². The van der Waals surface area contributed by atoms with E-state index in [0.29, 0.717) is 38.6 Å². The molecule has 1 aliphatic heterocycles. The minimum Gasteiger partial charge on any atom is -0.463 e. The van der Waals surface area contributed by atoms with Gasteiger partial charge in [0, 0.05) is 36.6 Å². The second-order valence-electron chi connectivity index (χ2n) is 12.1. The summed E-state index contributed by atoms with van der Waals surface area (Å²) < 4.78 is 19.4. The van der Waals surface area contributed by atoms with Crippen LogP contribution in [0.5, 0.6) is 0 Å². The number of H-pyrrole nitrogens is 1.